The minimum atomic E-state index is -1.15. The van der Waals surface area contributed by atoms with Crippen LogP contribution in [0.5, 0.6) is 0 Å². The molecular formula is C17H18N2O5S. The lowest BCUT2D eigenvalue weighted by molar-refractivity contribution is -0.128. The molecule has 0 aliphatic heterocycles. The summed E-state index contributed by atoms with van der Waals surface area (Å²) in [4.78, 5) is 39.0. The summed E-state index contributed by atoms with van der Waals surface area (Å²) in [7, 11) is 1.13. The van der Waals surface area contributed by atoms with E-state index in [1.807, 2.05) is 29.6 Å². The van der Waals surface area contributed by atoms with Crippen LogP contribution in [0.4, 0.5) is 4.79 Å². The lowest BCUT2D eigenvalue weighted by atomic mass is 10.1. The summed E-state index contributed by atoms with van der Waals surface area (Å²) in [5.41, 5.74) is 2.22. The van der Waals surface area contributed by atoms with E-state index < -0.39 is 24.1 Å². The van der Waals surface area contributed by atoms with Gasteiger partial charge in [0.05, 0.1) is 7.11 Å². The highest BCUT2D eigenvalue weighted by Crippen LogP contribution is 2.24. The summed E-state index contributed by atoms with van der Waals surface area (Å²) < 4.78 is 9.32. The molecule has 0 aliphatic carbocycles. The second-order valence-corrected chi connectivity index (χ2v) is 5.97. The number of hydrogen-bond donors (Lipinski definition) is 1. The Hall–Kier alpha value is -2.74. The molecule has 0 unspecified atom stereocenters. The van der Waals surface area contributed by atoms with Gasteiger partial charge in [0.15, 0.2) is 11.8 Å². The Kier molecular flexibility index (Phi) is 6.24. The van der Waals surface area contributed by atoms with Crippen LogP contribution in [0, 0.1) is 0 Å². The molecule has 0 radical (unpaired) electrons. The van der Waals surface area contributed by atoms with E-state index >= 15 is 0 Å². The first-order valence-electron chi connectivity index (χ1n) is 7.59. The van der Waals surface area contributed by atoms with Crippen molar-refractivity contribution >= 4 is 29.3 Å². The fourth-order valence-electron chi connectivity index (χ4n) is 1.91. The van der Waals surface area contributed by atoms with Crippen LogP contribution in [-0.2, 0) is 20.7 Å². The zero-order valence-electron chi connectivity index (χ0n) is 14.1. The van der Waals surface area contributed by atoms with E-state index in [1.54, 1.807) is 5.38 Å². The van der Waals surface area contributed by atoms with Crippen LogP contribution >= 0.6 is 11.3 Å². The van der Waals surface area contributed by atoms with E-state index in [2.05, 4.69) is 16.6 Å². The Morgan fingerprint density at radius 3 is 2.52 bits per heavy atom. The average molecular weight is 362 g/mol. The number of alkyl carbamates (subject to hydrolysis) is 1. The van der Waals surface area contributed by atoms with Gasteiger partial charge in [-0.05, 0) is 18.9 Å². The zero-order valence-corrected chi connectivity index (χ0v) is 14.9. The van der Waals surface area contributed by atoms with Crippen LogP contribution in [-0.4, -0.2) is 36.2 Å². The number of carbonyl (C=O) groups is 3. The SMILES string of the molecule is CCc1ccc(-c2nc(C(=O)O[C@@H](C)C(=O)NC(=O)OC)cs2)cc1. The van der Waals surface area contributed by atoms with Gasteiger partial charge >= 0.3 is 12.1 Å². The Morgan fingerprint density at radius 2 is 1.92 bits per heavy atom. The predicted molar refractivity (Wildman–Crippen MR) is 92.4 cm³/mol. The molecule has 8 heteroatoms. The summed E-state index contributed by atoms with van der Waals surface area (Å²) in [5.74, 6) is -1.51. The predicted octanol–water partition coefficient (Wildman–Crippen LogP) is 2.80. The number of aryl methyl sites for hydroxylation is 1. The Bertz CT molecular complexity index is 770. The molecule has 1 aromatic carbocycles. The molecule has 0 fully saturated rings. The first kappa shape index (κ1) is 18.6. The molecule has 2 rings (SSSR count). The topological polar surface area (TPSA) is 94.6 Å². The number of esters is 1. The maximum atomic E-state index is 12.1. The van der Waals surface area contributed by atoms with Crippen molar-refractivity contribution in [1.82, 2.24) is 10.3 Å². The molecule has 7 nitrogen and oxygen atoms in total. The number of carbonyl (C=O) groups excluding carboxylic acids is 3. The number of aromatic nitrogens is 1. The van der Waals surface area contributed by atoms with Crippen LogP contribution < -0.4 is 5.32 Å². The molecule has 1 N–H and O–H groups in total. The van der Waals surface area contributed by atoms with E-state index in [0.29, 0.717) is 5.01 Å². The zero-order chi connectivity index (χ0) is 18.4. The summed E-state index contributed by atoms with van der Waals surface area (Å²) in [6.45, 7) is 3.43. The van der Waals surface area contributed by atoms with Gasteiger partial charge in [0.1, 0.15) is 5.01 Å². The number of rotatable bonds is 5. The van der Waals surface area contributed by atoms with Crippen molar-refractivity contribution in [2.45, 2.75) is 26.4 Å². The smallest absolute Gasteiger partial charge is 0.413 e. The first-order valence-corrected chi connectivity index (χ1v) is 8.47. The first-order chi connectivity index (χ1) is 11.9. The van der Waals surface area contributed by atoms with E-state index in [0.717, 1.165) is 19.1 Å². The number of amides is 2. The Morgan fingerprint density at radius 1 is 1.24 bits per heavy atom. The minimum Gasteiger partial charge on any atom is -0.453 e. The molecular weight excluding hydrogens is 344 g/mol. The number of ether oxygens (including phenoxy) is 2. The van der Waals surface area contributed by atoms with Gasteiger partial charge in [-0.15, -0.1) is 11.3 Å². The van der Waals surface area contributed by atoms with Crippen molar-refractivity contribution in [2.75, 3.05) is 7.11 Å². The molecule has 0 saturated heterocycles. The number of thiazole rings is 1. The molecule has 1 heterocycles. The third-order valence-electron chi connectivity index (χ3n) is 3.39. The number of methoxy groups -OCH3 is 1. The van der Waals surface area contributed by atoms with E-state index in [-0.39, 0.29) is 5.69 Å². The highest BCUT2D eigenvalue weighted by molar-refractivity contribution is 7.13. The quantitative estimate of drug-likeness (QED) is 0.822. The molecule has 0 saturated carbocycles. The number of benzene rings is 1. The third kappa shape index (κ3) is 4.87. The monoisotopic (exact) mass is 362 g/mol. The molecule has 25 heavy (non-hydrogen) atoms. The fraction of sp³-hybridized carbons (Fsp3) is 0.294. The third-order valence-corrected chi connectivity index (χ3v) is 4.28. The highest BCUT2D eigenvalue weighted by Gasteiger charge is 2.22. The molecule has 0 aliphatic rings. The van der Waals surface area contributed by atoms with E-state index in [4.69, 9.17) is 4.74 Å². The van der Waals surface area contributed by atoms with Gasteiger partial charge in [-0.2, -0.15) is 0 Å². The molecule has 0 spiro atoms. The van der Waals surface area contributed by atoms with Gasteiger partial charge in [0.2, 0.25) is 0 Å². The van der Waals surface area contributed by atoms with Crippen LogP contribution in [0.15, 0.2) is 29.6 Å². The van der Waals surface area contributed by atoms with E-state index in [9.17, 15) is 14.4 Å². The molecule has 1 aromatic heterocycles. The van der Waals surface area contributed by atoms with Crippen LogP contribution in [0.2, 0.25) is 0 Å². The minimum absolute atomic E-state index is 0.109. The van der Waals surface area contributed by atoms with Crippen molar-refractivity contribution in [2.24, 2.45) is 0 Å². The largest absolute Gasteiger partial charge is 0.453 e. The lowest BCUT2D eigenvalue weighted by Crippen LogP contribution is -2.39. The fourth-order valence-corrected chi connectivity index (χ4v) is 2.71. The number of nitrogens with one attached hydrogen (secondary N) is 1. The Balaban J connectivity index is 2.02. The molecule has 2 amide bonds. The summed E-state index contributed by atoms with van der Waals surface area (Å²) in [5, 5.41) is 4.18. The van der Waals surface area contributed by atoms with Gasteiger partial charge < -0.3 is 9.47 Å². The van der Waals surface area contributed by atoms with Crippen molar-refractivity contribution in [3.8, 4) is 10.6 Å². The number of hydrogen-bond acceptors (Lipinski definition) is 7. The molecule has 2 aromatic rings. The summed E-state index contributed by atoms with van der Waals surface area (Å²) in [6.07, 6.45) is -1.12. The summed E-state index contributed by atoms with van der Waals surface area (Å²) in [6, 6.07) is 7.90. The van der Waals surface area contributed by atoms with Crippen LogP contribution in [0.1, 0.15) is 29.9 Å². The van der Waals surface area contributed by atoms with Gasteiger partial charge in [-0.3, -0.25) is 10.1 Å². The lowest BCUT2D eigenvalue weighted by Gasteiger charge is -2.11. The average Bonchev–Trinajstić information content (AvgIpc) is 3.11. The number of imide groups is 1. The van der Waals surface area contributed by atoms with Gasteiger partial charge in [-0.25, -0.2) is 14.6 Å². The van der Waals surface area contributed by atoms with Crippen molar-refractivity contribution in [1.29, 1.82) is 0 Å². The van der Waals surface area contributed by atoms with Crippen LogP contribution in [0.3, 0.4) is 0 Å². The van der Waals surface area contributed by atoms with Crippen LogP contribution in [0.25, 0.3) is 10.6 Å². The maximum absolute atomic E-state index is 12.1. The van der Waals surface area contributed by atoms with E-state index in [1.165, 1.54) is 23.8 Å². The van der Waals surface area contributed by atoms with Gasteiger partial charge in [0, 0.05) is 10.9 Å². The van der Waals surface area contributed by atoms with Crippen molar-refractivity contribution in [3.63, 3.8) is 0 Å². The molecule has 0 bridgehead atoms. The second-order valence-electron chi connectivity index (χ2n) is 5.12. The van der Waals surface area contributed by atoms with Crippen molar-refractivity contribution in [3.05, 3.63) is 40.9 Å². The Labute approximate surface area is 149 Å². The molecule has 1 atom stereocenters. The highest BCUT2D eigenvalue weighted by atomic mass is 32.1. The maximum Gasteiger partial charge on any atom is 0.413 e. The molecule has 132 valence electrons. The number of nitrogens with zero attached hydrogens (tertiary/aromatic N) is 1. The standard InChI is InChI=1S/C17H18N2O5S/c1-4-11-5-7-12(8-6-11)15-18-13(9-25-15)16(21)24-10(2)14(20)19-17(22)23-3/h5-10H,4H2,1-3H3,(H,19,20,22)/t10-/m0/s1. The van der Waals surface area contributed by atoms with Gasteiger partial charge in [-0.1, -0.05) is 31.2 Å². The normalized spacial score (nSPS) is 11.5. The van der Waals surface area contributed by atoms with Crippen molar-refractivity contribution < 1.29 is 23.9 Å². The summed E-state index contributed by atoms with van der Waals surface area (Å²) >= 11 is 1.31. The van der Waals surface area contributed by atoms with Gasteiger partial charge in [0.25, 0.3) is 5.91 Å². The second kappa shape index (κ2) is 8.39.